The van der Waals surface area contributed by atoms with Gasteiger partial charge in [0.2, 0.25) is 0 Å². The van der Waals surface area contributed by atoms with Crippen molar-refractivity contribution in [2.75, 3.05) is 0 Å². The summed E-state index contributed by atoms with van der Waals surface area (Å²) in [4.78, 5) is 19.8. The number of carbonyl (C=O) groups is 2. The third-order valence-corrected chi connectivity index (χ3v) is 0.880. The molecule has 0 aliphatic carbocycles. The molecular formula is C7H8N4O2. The van der Waals surface area contributed by atoms with E-state index in [0.29, 0.717) is 0 Å². The molecule has 13 heavy (non-hydrogen) atoms. The van der Waals surface area contributed by atoms with Gasteiger partial charge in [0.1, 0.15) is 0 Å². The van der Waals surface area contributed by atoms with Crippen molar-refractivity contribution >= 4 is 11.8 Å². The predicted octanol–water partition coefficient (Wildman–Crippen LogP) is 1.62. The first-order valence-corrected chi connectivity index (χ1v) is 3.02. The second-order valence-corrected chi connectivity index (χ2v) is 1.74. The maximum Gasteiger partial charge on any atom is 0.289 e. The summed E-state index contributed by atoms with van der Waals surface area (Å²) in [6.45, 7) is 0. The molecule has 0 bridgehead atoms. The third kappa shape index (κ3) is 4.46. The molecule has 0 saturated carbocycles. The second-order valence-electron chi connectivity index (χ2n) is 1.74. The zero-order valence-corrected chi connectivity index (χ0v) is 5.91. The molecule has 0 aromatic heterocycles. The van der Waals surface area contributed by atoms with Gasteiger partial charge in [-0.15, -0.1) is 10.2 Å². The predicted molar refractivity (Wildman–Crippen MR) is 44.7 cm³/mol. The third-order valence-electron chi connectivity index (χ3n) is 0.880. The van der Waals surface area contributed by atoms with Crippen LogP contribution in [0.2, 0.25) is 0 Å². The standard InChI is InChI=1S/2C3H2N2O.CH4/c2*6-3-1-2-4-5-3;/h2*1-2H;1H4. The smallest absolute Gasteiger partial charge is 0.266 e. The normalized spacial score (nSPS) is 15.7. The second kappa shape index (κ2) is 5.64. The summed E-state index contributed by atoms with van der Waals surface area (Å²) in [6, 6.07) is 0. The average Bonchev–Trinajstić information content (AvgIpc) is 2.63. The van der Waals surface area contributed by atoms with Crippen molar-refractivity contribution in [1.29, 1.82) is 0 Å². The SMILES string of the molecule is C.O=C1C=CN=N1.O=C1C=CN=N1. The Morgan fingerprint density at radius 3 is 1.31 bits per heavy atom. The lowest BCUT2D eigenvalue weighted by Gasteiger charge is -1.59. The highest BCUT2D eigenvalue weighted by Crippen LogP contribution is 1.90. The topological polar surface area (TPSA) is 83.6 Å². The van der Waals surface area contributed by atoms with E-state index in [2.05, 4.69) is 20.5 Å². The molecule has 0 radical (unpaired) electrons. The van der Waals surface area contributed by atoms with Crippen LogP contribution in [0.15, 0.2) is 45.0 Å². The van der Waals surface area contributed by atoms with Gasteiger partial charge in [0.05, 0.1) is 12.4 Å². The molecule has 2 rings (SSSR count). The minimum absolute atomic E-state index is 0. The molecule has 0 fully saturated rings. The van der Waals surface area contributed by atoms with Crippen molar-refractivity contribution in [3.05, 3.63) is 24.6 Å². The largest absolute Gasteiger partial charge is 0.289 e. The summed E-state index contributed by atoms with van der Waals surface area (Å²) in [7, 11) is 0. The summed E-state index contributed by atoms with van der Waals surface area (Å²) in [5.41, 5.74) is 0. The molecule has 2 heterocycles. The summed E-state index contributed by atoms with van der Waals surface area (Å²) in [6.07, 6.45) is 5.34. The van der Waals surface area contributed by atoms with E-state index < -0.39 is 0 Å². The zero-order valence-electron chi connectivity index (χ0n) is 5.91. The molecule has 0 saturated heterocycles. The Kier molecular flexibility index (Phi) is 4.78. The molecular weight excluding hydrogens is 172 g/mol. The Labute approximate surface area is 74.8 Å². The van der Waals surface area contributed by atoms with E-state index >= 15 is 0 Å². The molecule has 0 atom stereocenters. The minimum Gasteiger partial charge on any atom is -0.266 e. The van der Waals surface area contributed by atoms with Crippen molar-refractivity contribution in [3.8, 4) is 0 Å². The van der Waals surface area contributed by atoms with Crippen LogP contribution >= 0.6 is 0 Å². The van der Waals surface area contributed by atoms with Gasteiger partial charge in [0.15, 0.2) is 0 Å². The molecule has 0 aromatic rings. The number of nitrogens with zero attached hydrogens (tertiary/aromatic N) is 4. The molecule has 6 heteroatoms. The Morgan fingerprint density at radius 1 is 0.846 bits per heavy atom. The molecule has 2 aliphatic heterocycles. The van der Waals surface area contributed by atoms with Gasteiger partial charge in [-0.2, -0.15) is 10.2 Å². The van der Waals surface area contributed by atoms with E-state index in [-0.39, 0.29) is 19.2 Å². The molecule has 0 N–H and O–H groups in total. The molecule has 6 nitrogen and oxygen atoms in total. The molecule has 0 spiro atoms. The van der Waals surface area contributed by atoms with Gasteiger partial charge in [-0.1, -0.05) is 7.43 Å². The fraction of sp³-hybridized carbons (Fsp3) is 0.143. The van der Waals surface area contributed by atoms with Crippen LogP contribution in [0.1, 0.15) is 7.43 Å². The number of amides is 2. The quantitative estimate of drug-likeness (QED) is 0.567. The highest BCUT2D eigenvalue weighted by atomic mass is 16.2. The Balaban J connectivity index is 0.000000206. The van der Waals surface area contributed by atoms with E-state index in [1.807, 2.05) is 0 Å². The van der Waals surface area contributed by atoms with Crippen molar-refractivity contribution < 1.29 is 9.59 Å². The van der Waals surface area contributed by atoms with Gasteiger partial charge >= 0.3 is 0 Å². The number of azo groups is 2. The number of hydrogen-bond acceptors (Lipinski definition) is 4. The summed E-state index contributed by atoms with van der Waals surface area (Å²) in [5.74, 6) is -0.537. The highest BCUT2D eigenvalue weighted by molar-refractivity contribution is 5.89. The molecule has 68 valence electrons. The van der Waals surface area contributed by atoms with Crippen LogP contribution < -0.4 is 0 Å². The summed E-state index contributed by atoms with van der Waals surface area (Å²) >= 11 is 0. The van der Waals surface area contributed by atoms with Gasteiger partial charge in [-0.25, -0.2) is 0 Å². The first-order chi connectivity index (χ1) is 5.79. The Morgan fingerprint density at radius 2 is 1.23 bits per heavy atom. The lowest BCUT2D eigenvalue weighted by molar-refractivity contribution is -0.114. The number of carbonyl (C=O) groups excluding carboxylic acids is 2. The van der Waals surface area contributed by atoms with Gasteiger partial charge in [0, 0.05) is 12.2 Å². The van der Waals surface area contributed by atoms with Crippen molar-refractivity contribution in [1.82, 2.24) is 0 Å². The summed E-state index contributed by atoms with van der Waals surface area (Å²) < 4.78 is 0. The van der Waals surface area contributed by atoms with Crippen LogP contribution in [0.5, 0.6) is 0 Å². The van der Waals surface area contributed by atoms with Crippen LogP contribution in [0.25, 0.3) is 0 Å². The van der Waals surface area contributed by atoms with Crippen LogP contribution in [0, 0.1) is 0 Å². The van der Waals surface area contributed by atoms with Gasteiger partial charge < -0.3 is 0 Å². The van der Waals surface area contributed by atoms with Gasteiger partial charge in [-0.05, 0) is 0 Å². The van der Waals surface area contributed by atoms with Crippen LogP contribution in [0.3, 0.4) is 0 Å². The Bertz CT molecular complexity index is 254. The number of hydrogen-bond donors (Lipinski definition) is 0. The van der Waals surface area contributed by atoms with E-state index in [0.717, 1.165) is 0 Å². The van der Waals surface area contributed by atoms with E-state index in [1.54, 1.807) is 0 Å². The lowest BCUT2D eigenvalue weighted by Crippen LogP contribution is -1.74. The Hall–Kier alpha value is -1.98. The first kappa shape index (κ1) is 11.0. The average molecular weight is 180 g/mol. The highest BCUT2D eigenvalue weighted by Gasteiger charge is 1.92. The fourth-order valence-corrected chi connectivity index (χ4v) is 0.441. The maximum absolute atomic E-state index is 9.90. The minimum atomic E-state index is -0.269. The molecule has 0 unspecified atom stereocenters. The maximum atomic E-state index is 9.90. The number of rotatable bonds is 0. The van der Waals surface area contributed by atoms with E-state index in [4.69, 9.17) is 0 Å². The van der Waals surface area contributed by atoms with Crippen LogP contribution in [-0.2, 0) is 9.59 Å². The molecule has 0 aromatic carbocycles. The first-order valence-electron chi connectivity index (χ1n) is 3.02. The van der Waals surface area contributed by atoms with Gasteiger partial charge in [-0.3, -0.25) is 9.59 Å². The van der Waals surface area contributed by atoms with Gasteiger partial charge in [0.25, 0.3) is 11.8 Å². The molecule has 2 amide bonds. The fourth-order valence-electron chi connectivity index (χ4n) is 0.441. The monoisotopic (exact) mass is 180 g/mol. The van der Waals surface area contributed by atoms with Crippen LogP contribution in [0.4, 0.5) is 0 Å². The van der Waals surface area contributed by atoms with Crippen molar-refractivity contribution in [3.63, 3.8) is 0 Å². The summed E-state index contributed by atoms with van der Waals surface area (Å²) in [5, 5.41) is 12.7. The molecule has 2 aliphatic rings. The van der Waals surface area contributed by atoms with Crippen molar-refractivity contribution in [2.24, 2.45) is 20.5 Å². The van der Waals surface area contributed by atoms with Crippen molar-refractivity contribution in [2.45, 2.75) is 7.43 Å². The van der Waals surface area contributed by atoms with E-state index in [1.165, 1.54) is 24.6 Å². The lowest BCUT2D eigenvalue weighted by atomic mass is 10.6. The zero-order chi connectivity index (χ0) is 8.81. The van der Waals surface area contributed by atoms with E-state index in [9.17, 15) is 9.59 Å². The van der Waals surface area contributed by atoms with Crippen LogP contribution in [-0.4, -0.2) is 11.8 Å².